The molecule has 2 aromatic heterocycles. The maximum absolute atomic E-state index is 12.7. The van der Waals surface area contributed by atoms with Crippen LogP contribution in [0.5, 0.6) is 5.75 Å². The van der Waals surface area contributed by atoms with Crippen LogP contribution in [0.1, 0.15) is 27.4 Å². The van der Waals surface area contributed by atoms with Crippen molar-refractivity contribution in [2.75, 3.05) is 7.05 Å². The van der Waals surface area contributed by atoms with Crippen molar-refractivity contribution in [3.05, 3.63) is 59.2 Å². The molecule has 6 nitrogen and oxygen atoms in total. The van der Waals surface area contributed by atoms with Crippen molar-refractivity contribution in [1.82, 2.24) is 10.1 Å². The summed E-state index contributed by atoms with van der Waals surface area (Å²) < 4.78 is 16.5. The molecule has 122 valence electrons. The summed E-state index contributed by atoms with van der Waals surface area (Å²) in [5, 5.41) is 4.00. The van der Waals surface area contributed by atoms with Crippen LogP contribution in [0.3, 0.4) is 0 Å². The first kappa shape index (κ1) is 14.6. The molecule has 1 amide bonds. The van der Waals surface area contributed by atoms with Gasteiger partial charge < -0.3 is 18.6 Å². The minimum absolute atomic E-state index is 0.226. The number of hydrogen-bond acceptors (Lipinski definition) is 5. The highest BCUT2D eigenvalue weighted by atomic mass is 16.5. The Balaban J connectivity index is 1.66. The number of nitrogens with zero attached hydrogens (tertiary/aromatic N) is 2. The van der Waals surface area contributed by atoms with Crippen molar-refractivity contribution in [3.8, 4) is 17.1 Å². The average Bonchev–Trinajstić information content (AvgIpc) is 3.23. The molecule has 0 unspecified atom stereocenters. The Morgan fingerprint density at radius 3 is 3.00 bits per heavy atom. The maximum atomic E-state index is 12.7. The van der Waals surface area contributed by atoms with E-state index in [9.17, 15) is 4.79 Å². The molecule has 0 radical (unpaired) electrons. The number of fused-ring (bicyclic) bond motifs is 3. The highest BCUT2D eigenvalue weighted by Gasteiger charge is 2.30. The molecule has 0 saturated heterocycles. The van der Waals surface area contributed by atoms with E-state index in [4.69, 9.17) is 13.7 Å². The first-order valence-electron chi connectivity index (χ1n) is 7.63. The quantitative estimate of drug-likeness (QED) is 0.738. The molecule has 0 fully saturated rings. The highest BCUT2D eigenvalue weighted by molar-refractivity contribution is 5.95. The van der Waals surface area contributed by atoms with Crippen molar-refractivity contribution in [2.24, 2.45) is 0 Å². The molecule has 0 saturated carbocycles. The second-order valence-corrected chi connectivity index (χ2v) is 5.87. The van der Waals surface area contributed by atoms with Crippen LogP contribution in [0.25, 0.3) is 11.3 Å². The van der Waals surface area contributed by atoms with E-state index in [1.54, 1.807) is 24.3 Å². The van der Waals surface area contributed by atoms with Crippen LogP contribution in [0.2, 0.25) is 0 Å². The van der Waals surface area contributed by atoms with E-state index >= 15 is 0 Å². The van der Waals surface area contributed by atoms with Gasteiger partial charge >= 0.3 is 0 Å². The molecular weight excluding hydrogens is 308 g/mol. The van der Waals surface area contributed by atoms with Crippen LogP contribution in [0.4, 0.5) is 0 Å². The molecule has 0 spiro atoms. The SMILES string of the molecule is Cc1ccc2c(c1)-c1onc(C(=O)N(C)Cc3ccco3)c1CO2. The lowest BCUT2D eigenvalue weighted by molar-refractivity contribution is 0.0763. The third-order valence-electron chi connectivity index (χ3n) is 4.06. The van der Waals surface area contributed by atoms with Gasteiger partial charge in [0.25, 0.3) is 5.91 Å². The Kier molecular flexibility index (Phi) is 3.37. The van der Waals surface area contributed by atoms with E-state index in [0.29, 0.717) is 23.6 Å². The van der Waals surface area contributed by atoms with E-state index in [-0.39, 0.29) is 18.2 Å². The number of ether oxygens (including phenoxy) is 1. The Hall–Kier alpha value is -3.02. The molecular formula is C18H16N2O4. The maximum Gasteiger partial charge on any atom is 0.276 e. The molecule has 0 bridgehead atoms. The van der Waals surface area contributed by atoms with Gasteiger partial charge in [0.15, 0.2) is 11.5 Å². The van der Waals surface area contributed by atoms with Crippen molar-refractivity contribution < 1.29 is 18.5 Å². The summed E-state index contributed by atoms with van der Waals surface area (Å²) >= 11 is 0. The fraction of sp³-hybridized carbons (Fsp3) is 0.222. The molecule has 6 heteroatoms. The third-order valence-corrected chi connectivity index (χ3v) is 4.06. The third kappa shape index (κ3) is 2.36. The van der Waals surface area contributed by atoms with E-state index in [2.05, 4.69) is 5.16 Å². The molecule has 1 aliphatic rings. The van der Waals surface area contributed by atoms with Crippen molar-refractivity contribution in [3.63, 3.8) is 0 Å². The number of aryl methyl sites for hydroxylation is 1. The largest absolute Gasteiger partial charge is 0.488 e. The van der Waals surface area contributed by atoms with Gasteiger partial charge in [-0.3, -0.25) is 4.79 Å². The van der Waals surface area contributed by atoms with Gasteiger partial charge in [0.05, 0.1) is 23.9 Å². The Morgan fingerprint density at radius 1 is 1.33 bits per heavy atom. The number of carbonyl (C=O) groups is 1. The summed E-state index contributed by atoms with van der Waals surface area (Å²) in [7, 11) is 1.70. The first-order valence-corrected chi connectivity index (χ1v) is 7.63. The van der Waals surface area contributed by atoms with Crippen LogP contribution in [0.15, 0.2) is 45.5 Å². The van der Waals surface area contributed by atoms with Crippen molar-refractivity contribution in [1.29, 1.82) is 0 Å². The van der Waals surface area contributed by atoms with E-state index < -0.39 is 0 Å². The van der Waals surface area contributed by atoms with Gasteiger partial charge in [0, 0.05) is 7.05 Å². The summed E-state index contributed by atoms with van der Waals surface area (Å²) in [6.07, 6.45) is 1.58. The standard InChI is InChI=1S/C18H16N2O4/c1-11-5-6-15-13(8-11)17-14(10-23-15)16(19-24-17)18(21)20(2)9-12-4-3-7-22-12/h3-8H,9-10H2,1-2H3. The highest BCUT2D eigenvalue weighted by Crippen LogP contribution is 2.39. The lowest BCUT2D eigenvalue weighted by atomic mass is 10.0. The van der Waals surface area contributed by atoms with Crippen LogP contribution in [-0.2, 0) is 13.2 Å². The van der Waals surface area contributed by atoms with Crippen LogP contribution in [0, 0.1) is 6.92 Å². The zero-order valence-corrected chi connectivity index (χ0v) is 13.4. The van der Waals surface area contributed by atoms with Crippen LogP contribution in [-0.4, -0.2) is 23.0 Å². The molecule has 24 heavy (non-hydrogen) atoms. The van der Waals surface area contributed by atoms with Gasteiger partial charge in [-0.1, -0.05) is 16.8 Å². The van der Waals surface area contributed by atoms with E-state index in [1.165, 1.54) is 0 Å². The number of amides is 1. The predicted octanol–water partition coefficient (Wildman–Crippen LogP) is 3.41. The minimum Gasteiger partial charge on any atom is -0.488 e. The average molecular weight is 324 g/mol. The molecule has 0 aliphatic carbocycles. The summed E-state index contributed by atoms with van der Waals surface area (Å²) in [6, 6.07) is 9.46. The Morgan fingerprint density at radius 2 is 2.21 bits per heavy atom. The van der Waals surface area contributed by atoms with Crippen LogP contribution < -0.4 is 4.74 Å². The molecule has 4 rings (SSSR count). The van der Waals surface area contributed by atoms with Gasteiger partial charge in [0.2, 0.25) is 0 Å². The second kappa shape index (κ2) is 5.56. The van der Waals surface area contributed by atoms with Gasteiger partial charge in [-0.05, 0) is 31.2 Å². The lowest BCUT2D eigenvalue weighted by Gasteiger charge is -2.18. The molecule has 0 atom stereocenters. The number of hydrogen-bond donors (Lipinski definition) is 0. The predicted molar refractivity (Wildman–Crippen MR) is 85.5 cm³/mol. The normalized spacial score (nSPS) is 12.2. The second-order valence-electron chi connectivity index (χ2n) is 5.87. The number of rotatable bonds is 3. The molecule has 0 N–H and O–H groups in total. The van der Waals surface area contributed by atoms with Gasteiger partial charge in [-0.15, -0.1) is 0 Å². The summed E-state index contributed by atoms with van der Waals surface area (Å²) in [6.45, 7) is 2.63. The number of carbonyl (C=O) groups excluding carboxylic acids is 1. The minimum atomic E-state index is -0.226. The van der Waals surface area contributed by atoms with Crippen LogP contribution >= 0.6 is 0 Å². The summed E-state index contributed by atoms with van der Waals surface area (Å²) in [4.78, 5) is 14.2. The Bertz CT molecular complexity index is 896. The van der Waals surface area contributed by atoms with Crippen molar-refractivity contribution >= 4 is 5.91 Å². The smallest absolute Gasteiger partial charge is 0.276 e. The zero-order chi connectivity index (χ0) is 16.7. The number of furan rings is 1. The summed E-state index contributed by atoms with van der Waals surface area (Å²) in [5.74, 6) is 1.83. The molecule has 3 heterocycles. The van der Waals surface area contributed by atoms with Gasteiger partial charge in [0.1, 0.15) is 18.1 Å². The summed E-state index contributed by atoms with van der Waals surface area (Å²) in [5.41, 5.74) is 2.89. The number of benzene rings is 1. The topological polar surface area (TPSA) is 68.7 Å². The van der Waals surface area contributed by atoms with E-state index in [0.717, 1.165) is 16.9 Å². The lowest BCUT2D eigenvalue weighted by Crippen LogP contribution is -2.27. The fourth-order valence-corrected chi connectivity index (χ4v) is 2.81. The van der Waals surface area contributed by atoms with Crippen molar-refractivity contribution in [2.45, 2.75) is 20.1 Å². The monoisotopic (exact) mass is 324 g/mol. The van der Waals surface area contributed by atoms with Gasteiger partial charge in [-0.25, -0.2) is 0 Å². The fourth-order valence-electron chi connectivity index (χ4n) is 2.81. The molecule has 1 aliphatic heterocycles. The number of aromatic nitrogens is 1. The zero-order valence-electron chi connectivity index (χ0n) is 13.4. The van der Waals surface area contributed by atoms with E-state index in [1.807, 2.05) is 31.2 Å². The molecule has 1 aromatic carbocycles. The van der Waals surface area contributed by atoms with Gasteiger partial charge in [-0.2, -0.15) is 0 Å². The first-order chi connectivity index (χ1) is 11.6. The Labute approximate surface area is 138 Å². The molecule has 3 aromatic rings.